The van der Waals surface area contributed by atoms with Crippen LogP contribution in [-0.2, 0) is 29.5 Å². The number of nitrogens with zero attached hydrogens (tertiary/aromatic N) is 1. The van der Waals surface area contributed by atoms with E-state index in [-0.39, 0.29) is 5.54 Å². The molecule has 4 aliphatic rings. The van der Waals surface area contributed by atoms with Crippen molar-refractivity contribution in [1.82, 2.24) is 0 Å². The van der Waals surface area contributed by atoms with Gasteiger partial charge in [-0.3, -0.25) is 0 Å². The quantitative estimate of drug-likeness (QED) is 0.202. The molecular formula is C36H62NPRu. The zero-order valence-corrected chi connectivity index (χ0v) is 29.3. The fourth-order valence-electron chi connectivity index (χ4n) is 10.1. The Bertz CT molecular complexity index is 868. The van der Waals surface area contributed by atoms with Crippen LogP contribution in [0.3, 0.4) is 0 Å². The predicted molar refractivity (Wildman–Crippen MR) is 173 cm³/mol. The van der Waals surface area contributed by atoms with Gasteiger partial charge in [-0.15, -0.1) is 0 Å². The van der Waals surface area contributed by atoms with Crippen LogP contribution in [0.15, 0.2) is 18.2 Å². The molecule has 3 aliphatic carbocycles. The Labute approximate surface area is 250 Å². The van der Waals surface area contributed by atoms with Gasteiger partial charge in [0.15, 0.2) is 0 Å². The molecule has 39 heavy (non-hydrogen) atoms. The average Bonchev–Trinajstić information content (AvgIpc) is 3.14. The Morgan fingerprint density at radius 3 is 1.49 bits per heavy atom. The van der Waals surface area contributed by atoms with Crippen molar-refractivity contribution in [3.05, 3.63) is 29.3 Å². The second kappa shape index (κ2) is 12.7. The van der Waals surface area contributed by atoms with Gasteiger partial charge < -0.3 is 0 Å². The predicted octanol–water partition coefficient (Wildman–Crippen LogP) is 10.9. The van der Waals surface area contributed by atoms with E-state index in [1.807, 2.05) is 0 Å². The second-order valence-electron chi connectivity index (χ2n) is 15.2. The Morgan fingerprint density at radius 2 is 1.10 bits per heavy atom. The number of para-hydroxylation sites is 1. The molecule has 1 atom stereocenters. The van der Waals surface area contributed by atoms with Crippen LogP contribution >= 0.6 is 5.59 Å². The third kappa shape index (κ3) is 5.97. The Morgan fingerprint density at radius 1 is 0.692 bits per heavy atom. The fourth-order valence-corrected chi connectivity index (χ4v) is 31.5. The molecule has 1 unspecified atom stereocenters. The summed E-state index contributed by atoms with van der Waals surface area (Å²) in [5, 5.41) is 0. The van der Waals surface area contributed by atoms with Crippen molar-refractivity contribution in [2.45, 2.75) is 184 Å². The first-order valence-electron chi connectivity index (χ1n) is 17.3. The van der Waals surface area contributed by atoms with Gasteiger partial charge in [0.1, 0.15) is 0 Å². The first-order chi connectivity index (χ1) is 18.7. The van der Waals surface area contributed by atoms with E-state index in [0.717, 1.165) is 34.5 Å². The van der Waals surface area contributed by atoms with Crippen molar-refractivity contribution < 1.29 is 16.6 Å². The molecule has 1 saturated heterocycles. The van der Waals surface area contributed by atoms with Crippen LogP contribution in [0, 0.1) is 5.41 Å². The maximum atomic E-state index is 3.14. The molecule has 0 N–H and O–H groups in total. The first-order valence-corrected chi connectivity index (χ1v) is 23.0. The molecule has 1 aromatic rings. The monoisotopic (exact) mass is 641 g/mol. The van der Waals surface area contributed by atoms with Crippen molar-refractivity contribution in [3.8, 4) is 0 Å². The molecule has 4 fully saturated rings. The van der Waals surface area contributed by atoms with Gasteiger partial charge in [-0.25, -0.2) is 0 Å². The molecule has 1 heterocycles. The summed E-state index contributed by atoms with van der Waals surface area (Å²) >= 11 is 0.378. The number of anilines is 1. The summed E-state index contributed by atoms with van der Waals surface area (Å²) < 4.78 is 0.787. The van der Waals surface area contributed by atoms with E-state index in [0.29, 0.717) is 22.1 Å². The van der Waals surface area contributed by atoms with E-state index in [1.54, 1.807) is 93.9 Å². The van der Waals surface area contributed by atoms with Gasteiger partial charge in [0.05, 0.1) is 0 Å². The summed E-state index contributed by atoms with van der Waals surface area (Å²) in [6.45, 7) is 15.4. The van der Waals surface area contributed by atoms with E-state index >= 15 is 0 Å². The van der Waals surface area contributed by atoms with Gasteiger partial charge in [-0.05, 0) is 0 Å². The summed E-state index contributed by atoms with van der Waals surface area (Å²) in [6, 6.07) is 7.29. The van der Waals surface area contributed by atoms with Crippen LogP contribution in [0.5, 0.6) is 0 Å². The normalized spacial score (nSPS) is 27.7. The zero-order valence-electron chi connectivity index (χ0n) is 26.6. The molecule has 3 heteroatoms. The molecule has 3 saturated carbocycles. The first kappa shape index (κ1) is 30.5. The number of rotatable bonds is 8. The third-order valence-electron chi connectivity index (χ3n) is 11.5. The van der Waals surface area contributed by atoms with E-state index in [9.17, 15) is 0 Å². The van der Waals surface area contributed by atoms with Crippen LogP contribution in [0.25, 0.3) is 0 Å². The van der Waals surface area contributed by atoms with E-state index < -0.39 is 5.59 Å². The molecular weight excluding hydrogens is 578 g/mol. The molecule has 0 bridgehead atoms. The molecule has 0 spiro atoms. The molecule has 5 rings (SSSR count). The molecule has 0 aromatic heterocycles. The molecule has 224 valence electrons. The van der Waals surface area contributed by atoms with Crippen LogP contribution in [-0.4, -0.2) is 27.2 Å². The number of benzene rings is 1. The Hall–Kier alpha value is 0.0734. The van der Waals surface area contributed by atoms with E-state index in [1.165, 1.54) is 25.7 Å². The summed E-state index contributed by atoms with van der Waals surface area (Å²) in [5.74, 6) is 0. The van der Waals surface area contributed by atoms with Gasteiger partial charge in [-0.1, -0.05) is 0 Å². The average molecular weight is 641 g/mol. The number of hydrogen-bond acceptors (Lipinski definition) is 1. The molecule has 0 amide bonds. The molecule has 1 aromatic carbocycles. The van der Waals surface area contributed by atoms with Crippen LogP contribution < -0.4 is 4.90 Å². The summed E-state index contributed by atoms with van der Waals surface area (Å²) in [5.41, 5.74) is 7.49. The van der Waals surface area contributed by atoms with Gasteiger partial charge in [0, 0.05) is 0 Å². The third-order valence-corrected chi connectivity index (χ3v) is 29.7. The Kier molecular flexibility index (Phi) is 9.98. The van der Waals surface area contributed by atoms with Crippen molar-refractivity contribution in [2.75, 3.05) is 4.90 Å². The van der Waals surface area contributed by atoms with Crippen LogP contribution in [0.4, 0.5) is 5.69 Å². The summed E-state index contributed by atoms with van der Waals surface area (Å²) in [7, 11) is 0. The van der Waals surface area contributed by atoms with Crippen LogP contribution in [0.2, 0.25) is 0 Å². The molecule has 0 radical (unpaired) electrons. The minimum atomic E-state index is -1.49. The van der Waals surface area contributed by atoms with Gasteiger partial charge in [0.25, 0.3) is 0 Å². The summed E-state index contributed by atoms with van der Waals surface area (Å²) in [4.78, 5) is 3.14. The topological polar surface area (TPSA) is 3.24 Å². The standard InChI is InChI=1S/C18H28N.C18H33P.Ru/c1-7-14-10-9-11-15(8-2)16(14)19-13-17(3,4)12-18(19,5)6;1-4-10-16(11-5-1)19(17-12-6-2-7-13-17)18-14-8-3-9-15-18;/h9-11,13H,7-8,12H2,1-6H3;16-18H,1-15H2;/q;;-1/p+1. The number of hydrogen-bond donors (Lipinski definition) is 0. The van der Waals surface area contributed by atoms with Crippen molar-refractivity contribution in [1.29, 1.82) is 0 Å². The van der Waals surface area contributed by atoms with Gasteiger partial charge in [-0.2, -0.15) is 0 Å². The number of aryl methyl sites for hydroxylation is 2. The van der Waals surface area contributed by atoms with Crippen molar-refractivity contribution in [3.63, 3.8) is 0 Å². The van der Waals surface area contributed by atoms with Crippen LogP contribution in [0.1, 0.15) is 155 Å². The van der Waals surface area contributed by atoms with Crippen molar-refractivity contribution >= 4 is 11.3 Å². The van der Waals surface area contributed by atoms with E-state index in [2.05, 4.69) is 64.6 Å². The zero-order chi connectivity index (χ0) is 27.7. The fraction of sp³-hybridized carbons (Fsp3) is 0.833. The maximum absolute atomic E-state index is 3.14. The van der Waals surface area contributed by atoms with Gasteiger partial charge in [0.2, 0.25) is 0 Å². The molecule has 1 nitrogen and oxygen atoms in total. The van der Waals surface area contributed by atoms with Gasteiger partial charge >= 0.3 is 252 Å². The second-order valence-corrected chi connectivity index (χ2v) is 26.5. The SMILES string of the molecule is CCc1cccc(CC)c1N1[CH]([Ru][PH](C2CCCCC2)(C2CCCCC2)C2CCCCC2)C(C)(C)CC1(C)C. The Balaban J connectivity index is 1.66. The molecule has 1 aliphatic heterocycles. The summed E-state index contributed by atoms with van der Waals surface area (Å²) in [6.07, 6.45) is 27.1. The van der Waals surface area contributed by atoms with Crippen molar-refractivity contribution in [2.24, 2.45) is 5.41 Å². The van der Waals surface area contributed by atoms with E-state index in [4.69, 9.17) is 0 Å². The minimum absolute atomic E-state index is 0.240.